The zero-order chi connectivity index (χ0) is 12.3. The number of carbonyl (C=O) groups is 1. The van der Waals surface area contributed by atoms with Crippen LogP contribution in [0.3, 0.4) is 0 Å². The molecule has 0 radical (unpaired) electrons. The summed E-state index contributed by atoms with van der Waals surface area (Å²) in [6.45, 7) is 4.05. The molecule has 0 aromatic heterocycles. The van der Waals surface area contributed by atoms with Crippen LogP contribution in [0.25, 0.3) is 0 Å². The maximum Gasteiger partial charge on any atom is 0.280 e. The van der Waals surface area contributed by atoms with Gasteiger partial charge in [0.25, 0.3) is 5.91 Å². The van der Waals surface area contributed by atoms with E-state index in [-0.39, 0.29) is 5.96 Å². The fourth-order valence-electron chi connectivity index (χ4n) is 1.31. The van der Waals surface area contributed by atoms with E-state index in [1.54, 1.807) is 12.1 Å². The van der Waals surface area contributed by atoms with Crippen LogP contribution in [0.5, 0.6) is 0 Å². The summed E-state index contributed by atoms with van der Waals surface area (Å²) in [7, 11) is 0. The highest BCUT2D eigenvalue weighted by atomic mass is 35.5. The molecule has 5 heteroatoms. The third-order valence-corrected chi connectivity index (χ3v) is 2.43. The number of guanidine groups is 1. The minimum absolute atomic E-state index is 0.256. The van der Waals surface area contributed by atoms with E-state index < -0.39 is 5.91 Å². The van der Waals surface area contributed by atoms with Crippen LogP contribution in [-0.2, 0) is 0 Å². The predicted molar refractivity (Wildman–Crippen MR) is 65.7 cm³/mol. The van der Waals surface area contributed by atoms with Gasteiger partial charge in [0.05, 0.1) is 0 Å². The average molecular weight is 240 g/mol. The number of nitrogens with two attached hydrogens (primary N) is 2. The van der Waals surface area contributed by atoms with E-state index in [1.807, 2.05) is 19.9 Å². The van der Waals surface area contributed by atoms with Crippen LogP contribution in [0.1, 0.15) is 35.7 Å². The molecule has 1 aromatic rings. The van der Waals surface area contributed by atoms with Crippen LogP contribution in [0.4, 0.5) is 0 Å². The summed E-state index contributed by atoms with van der Waals surface area (Å²) in [5.41, 5.74) is 11.6. The monoisotopic (exact) mass is 239 g/mol. The molecule has 0 heterocycles. The maximum atomic E-state index is 11.5. The van der Waals surface area contributed by atoms with Crippen LogP contribution >= 0.6 is 11.6 Å². The molecule has 4 N–H and O–H groups in total. The number of hydrogen-bond donors (Lipinski definition) is 2. The highest BCUT2D eigenvalue weighted by molar-refractivity contribution is 6.31. The molecule has 1 aromatic carbocycles. The van der Waals surface area contributed by atoms with Gasteiger partial charge >= 0.3 is 0 Å². The first-order valence-electron chi connectivity index (χ1n) is 4.85. The van der Waals surface area contributed by atoms with Gasteiger partial charge in [0.1, 0.15) is 0 Å². The zero-order valence-corrected chi connectivity index (χ0v) is 9.95. The van der Waals surface area contributed by atoms with Gasteiger partial charge in [0.2, 0.25) is 0 Å². The molecule has 0 unspecified atom stereocenters. The molecule has 0 saturated carbocycles. The van der Waals surface area contributed by atoms with Crippen LogP contribution < -0.4 is 11.5 Å². The van der Waals surface area contributed by atoms with Gasteiger partial charge in [-0.25, -0.2) is 0 Å². The number of benzene rings is 1. The molecule has 0 bridgehead atoms. The SMILES string of the molecule is CC(C)c1ccc(C(=O)N=C(N)N)cc1Cl. The van der Waals surface area contributed by atoms with E-state index in [0.717, 1.165) is 5.56 Å². The Labute approximate surface area is 99.3 Å². The molecule has 16 heavy (non-hydrogen) atoms. The molecule has 0 aliphatic rings. The van der Waals surface area contributed by atoms with Crippen molar-refractivity contribution in [2.75, 3.05) is 0 Å². The highest BCUT2D eigenvalue weighted by Crippen LogP contribution is 2.25. The summed E-state index contributed by atoms with van der Waals surface area (Å²) in [6.07, 6.45) is 0. The van der Waals surface area contributed by atoms with E-state index in [9.17, 15) is 4.79 Å². The van der Waals surface area contributed by atoms with Gasteiger partial charge in [0.15, 0.2) is 5.96 Å². The summed E-state index contributed by atoms with van der Waals surface area (Å²) < 4.78 is 0. The number of amides is 1. The van der Waals surface area contributed by atoms with Gasteiger partial charge in [-0.15, -0.1) is 0 Å². The lowest BCUT2D eigenvalue weighted by Crippen LogP contribution is -2.24. The fraction of sp³-hybridized carbons (Fsp3) is 0.273. The molecule has 1 amide bonds. The molecule has 0 aliphatic carbocycles. The summed E-state index contributed by atoms with van der Waals surface area (Å²) in [5.74, 6) is -0.439. The van der Waals surface area contributed by atoms with Gasteiger partial charge in [0, 0.05) is 10.6 Å². The molecule has 0 atom stereocenters. The molecular formula is C11H14ClN3O. The Balaban J connectivity index is 3.07. The van der Waals surface area contributed by atoms with Crippen molar-refractivity contribution in [3.05, 3.63) is 34.3 Å². The lowest BCUT2D eigenvalue weighted by atomic mass is 10.0. The summed E-state index contributed by atoms with van der Waals surface area (Å²) >= 11 is 6.04. The van der Waals surface area contributed by atoms with E-state index in [4.69, 9.17) is 23.1 Å². The smallest absolute Gasteiger partial charge is 0.280 e. The maximum absolute atomic E-state index is 11.5. The third kappa shape index (κ3) is 2.97. The Morgan fingerprint density at radius 2 is 2.00 bits per heavy atom. The van der Waals surface area contributed by atoms with Crippen molar-refractivity contribution in [2.24, 2.45) is 16.5 Å². The number of nitrogens with zero attached hydrogens (tertiary/aromatic N) is 1. The molecule has 0 fully saturated rings. The largest absolute Gasteiger partial charge is 0.370 e. The normalized spacial score (nSPS) is 10.2. The molecule has 0 aliphatic heterocycles. The predicted octanol–water partition coefficient (Wildman–Crippen LogP) is 1.88. The Kier molecular flexibility index (Phi) is 3.90. The first kappa shape index (κ1) is 12.5. The number of halogens is 1. The van der Waals surface area contributed by atoms with E-state index in [2.05, 4.69) is 4.99 Å². The lowest BCUT2D eigenvalue weighted by Gasteiger charge is -2.08. The minimum Gasteiger partial charge on any atom is -0.370 e. The first-order valence-corrected chi connectivity index (χ1v) is 5.23. The number of carbonyl (C=O) groups excluding carboxylic acids is 1. The van der Waals surface area contributed by atoms with Crippen LogP contribution in [0.2, 0.25) is 5.02 Å². The Bertz CT molecular complexity index is 437. The standard InChI is InChI=1S/C11H14ClN3O/c1-6(2)8-4-3-7(5-9(8)12)10(16)15-11(13)14/h3-6H,1-2H3,(H4,13,14,15,16). The van der Waals surface area contributed by atoms with Crippen molar-refractivity contribution in [2.45, 2.75) is 19.8 Å². The van der Waals surface area contributed by atoms with Gasteiger partial charge in [-0.3, -0.25) is 4.79 Å². The summed E-state index contributed by atoms with van der Waals surface area (Å²) in [4.78, 5) is 14.9. The quantitative estimate of drug-likeness (QED) is 0.611. The first-order chi connectivity index (χ1) is 7.41. The van der Waals surface area contributed by atoms with Crippen molar-refractivity contribution in [1.82, 2.24) is 0 Å². The van der Waals surface area contributed by atoms with Gasteiger partial charge in [-0.1, -0.05) is 31.5 Å². The average Bonchev–Trinajstić information content (AvgIpc) is 2.15. The van der Waals surface area contributed by atoms with E-state index in [0.29, 0.717) is 16.5 Å². The lowest BCUT2D eigenvalue weighted by molar-refractivity contribution is 0.100. The van der Waals surface area contributed by atoms with Gasteiger partial charge in [-0.2, -0.15) is 4.99 Å². The van der Waals surface area contributed by atoms with Crippen LogP contribution in [-0.4, -0.2) is 11.9 Å². The highest BCUT2D eigenvalue weighted by Gasteiger charge is 2.10. The second kappa shape index (κ2) is 4.99. The van der Waals surface area contributed by atoms with Crippen molar-refractivity contribution >= 4 is 23.5 Å². The molecular weight excluding hydrogens is 226 g/mol. The topological polar surface area (TPSA) is 81.5 Å². The second-order valence-electron chi connectivity index (χ2n) is 3.73. The van der Waals surface area contributed by atoms with Crippen LogP contribution in [0, 0.1) is 0 Å². The van der Waals surface area contributed by atoms with Gasteiger partial charge in [-0.05, 0) is 23.6 Å². The van der Waals surface area contributed by atoms with Crippen molar-refractivity contribution in [3.63, 3.8) is 0 Å². The fourth-order valence-corrected chi connectivity index (χ4v) is 1.71. The van der Waals surface area contributed by atoms with Crippen molar-refractivity contribution in [1.29, 1.82) is 0 Å². The van der Waals surface area contributed by atoms with Crippen molar-refractivity contribution in [3.8, 4) is 0 Å². The van der Waals surface area contributed by atoms with Crippen molar-refractivity contribution < 1.29 is 4.79 Å². The van der Waals surface area contributed by atoms with E-state index in [1.165, 1.54) is 0 Å². The van der Waals surface area contributed by atoms with Gasteiger partial charge < -0.3 is 11.5 Å². The molecule has 0 spiro atoms. The van der Waals surface area contributed by atoms with Crippen LogP contribution in [0.15, 0.2) is 23.2 Å². The molecule has 86 valence electrons. The minimum atomic E-state index is -0.489. The zero-order valence-electron chi connectivity index (χ0n) is 9.20. The third-order valence-electron chi connectivity index (χ3n) is 2.10. The summed E-state index contributed by atoms with van der Waals surface area (Å²) in [6, 6.07) is 5.05. The Hall–Kier alpha value is -1.55. The molecule has 4 nitrogen and oxygen atoms in total. The number of aliphatic imine (C=N–C) groups is 1. The Morgan fingerprint density at radius 3 is 2.44 bits per heavy atom. The second-order valence-corrected chi connectivity index (χ2v) is 4.14. The molecule has 1 rings (SSSR count). The Morgan fingerprint density at radius 1 is 1.38 bits per heavy atom. The number of rotatable bonds is 2. The summed E-state index contributed by atoms with van der Waals surface area (Å²) in [5, 5.41) is 0.548. The van der Waals surface area contributed by atoms with E-state index >= 15 is 0 Å². The number of hydrogen-bond acceptors (Lipinski definition) is 1. The molecule has 0 saturated heterocycles.